The molecule has 31 heavy (non-hydrogen) atoms. The average molecular weight is 434 g/mol. The molecular weight excluding hydrogens is 402 g/mol. The first-order chi connectivity index (χ1) is 14.9. The van der Waals surface area contributed by atoms with Gasteiger partial charge in [-0.1, -0.05) is 25.1 Å². The molecule has 170 valence electrons. The van der Waals surface area contributed by atoms with Gasteiger partial charge in [0.05, 0.1) is 6.61 Å². The first-order valence-corrected chi connectivity index (χ1v) is 10.6. The second-order valence-electron chi connectivity index (χ2n) is 7.67. The van der Waals surface area contributed by atoms with Crippen LogP contribution in [0.15, 0.2) is 29.4 Å². The predicted molar refractivity (Wildman–Crippen MR) is 116 cm³/mol. The third-order valence-electron chi connectivity index (χ3n) is 5.26. The average Bonchev–Trinajstić information content (AvgIpc) is 3.30. The summed E-state index contributed by atoms with van der Waals surface area (Å²) in [7, 11) is 0. The summed E-state index contributed by atoms with van der Waals surface area (Å²) in [5.41, 5.74) is 6.04. The van der Waals surface area contributed by atoms with Crippen molar-refractivity contribution in [3.05, 3.63) is 34.7 Å². The number of carbonyl (C=O) groups is 3. The number of nitroso groups, excluding NO2 is 1. The monoisotopic (exact) mass is 433 g/mol. The summed E-state index contributed by atoms with van der Waals surface area (Å²) >= 11 is 0. The molecule has 10 heteroatoms. The Balaban J connectivity index is 1.88. The highest BCUT2D eigenvalue weighted by Gasteiger charge is 2.28. The van der Waals surface area contributed by atoms with Crippen molar-refractivity contribution in [3.63, 3.8) is 0 Å². The molecule has 1 aromatic rings. The largest absolute Gasteiger partial charge is 0.449 e. The Hall–Kier alpha value is -3.17. The number of nitrogens with one attached hydrogen (secondary N) is 2. The summed E-state index contributed by atoms with van der Waals surface area (Å²) in [5, 5.41) is 8.19. The van der Waals surface area contributed by atoms with Gasteiger partial charge in [0, 0.05) is 25.6 Å². The third-order valence-corrected chi connectivity index (χ3v) is 5.26. The molecule has 0 aliphatic carbocycles. The van der Waals surface area contributed by atoms with Crippen LogP contribution in [-0.2, 0) is 9.53 Å². The number of hydrogen-bond acceptors (Lipinski definition) is 6. The molecule has 1 heterocycles. The minimum Gasteiger partial charge on any atom is -0.449 e. The number of hydrogen-bond donors (Lipinski definition) is 3. The maximum absolute atomic E-state index is 12.8. The van der Waals surface area contributed by atoms with Crippen LogP contribution in [0, 0.1) is 4.91 Å². The van der Waals surface area contributed by atoms with Crippen LogP contribution in [0.5, 0.6) is 0 Å². The van der Waals surface area contributed by atoms with E-state index in [0.29, 0.717) is 50.1 Å². The standard InChI is InChI=1S/C21H31N5O5/c1-15(16-8-2-3-9-17(16)25-30)14-31-21(29)24-18(10-4-5-11-23-20(22)28)19(27)26-12-6-7-13-26/h2-3,8-9,15,18H,4-7,10-14H2,1H3,(H,24,29)(H3,22,23,28). The topological polar surface area (TPSA) is 143 Å². The fourth-order valence-electron chi connectivity index (χ4n) is 3.56. The van der Waals surface area contributed by atoms with E-state index >= 15 is 0 Å². The summed E-state index contributed by atoms with van der Waals surface area (Å²) in [6.45, 7) is 3.65. The minimum absolute atomic E-state index is 0.0471. The predicted octanol–water partition coefficient (Wildman–Crippen LogP) is 2.74. The molecule has 0 aromatic heterocycles. The fraction of sp³-hybridized carbons (Fsp3) is 0.571. The molecule has 1 fully saturated rings. The van der Waals surface area contributed by atoms with Crippen LogP contribution in [0.4, 0.5) is 15.3 Å². The number of rotatable bonds is 11. The number of nitrogens with two attached hydrogens (primary N) is 1. The summed E-state index contributed by atoms with van der Waals surface area (Å²) in [4.78, 5) is 48.6. The van der Waals surface area contributed by atoms with Gasteiger partial charge in [-0.2, -0.15) is 0 Å². The number of benzene rings is 1. The highest BCUT2D eigenvalue weighted by molar-refractivity contribution is 5.85. The molecule has 0 spiro atoms. The van der Waals surface area contributed by atoms with Gasteiger partial charge in [-0.25, -0.2) is 9.59 Å². The Morgan fingerprint density at radius 3 is 2.58 bits per heavy atom. The molecule has 0 saturated carbocycles. The van der Waals surface area contributed by atoms with E-state index in [4.69, 9.17) is 10.5 Å². The Labute approximate surface area is 181 Å². The first kappa shape index (κ1) is 24.1. The van der Waals surface area contributed by atoms with Crippen molar-refractivity contribution in [2.45, 2.75) is 51.0 Å². The number of likely N-dealkylation sites (tertiary alicyclic amines) is 1. The van der Waals surface area contributed by atoms with Crippen LogP contribution in [0.2, 0.25) is 0 Å². The van der Waals surface area contributed by atoms with Gasteiger partial charge >= 0.3 is 12.1 Å². The number of amides is 4. The lowest BCUT2D eigenvalue weighted by Crippen LogP contribution is -2.48. The van der Waals surface area contributed by atoms with Gasteiger partial charge < -0.3 is 26.0 Å². The van der Waals surface area contributed by atoms with E-state index in [2.05, 4.69) is 15.8 Å². The molecule has 2 unspecified atom stereocenters. The maximum atomic E-state index is 12.8. The van der Waals surface area contributed by atoms with Crippen molar-refractivity contribution in [2.75, 3.05) is 26.2 Å². The first-order valence-electron chi connectivity index (χ1n) is 10.6. The van der Waals surface area contributed by atoms with Crippen molar-refractivity contribution in [1.29, 1.82) is 0 Å². The number of ether oxygens (including phenoxy) is 1. The molecule has 1 aliphatic rings. The van der Waals surface area contributed by atoms with Crippen molar-refractivity contribution in [1.82, 2.24) is 15.5 Å². The lowest BCUT2D eigenvalue weighted by molar-refractivity contribution is -0.132. The zero-order valence-electron chi connectivity index (χ0n) is 17.8. The molecule has 4 amide bonds. The Morgan fingerprint density at radius 1 is 1.19 bits per heavy atom. The van der Waals surface area contributed by atoms with E-state index in [1.165, 1.54) is 0 Å². The smallest absolute Gasteiger partial charge is 0.407 e. The molecule has 0 radical (unpaired) electrons. The molecule has 2 rings (SSSR count). The van der Waals surface area contributed by atoms with Gasteiger partial charge in [0.1, 0.15) is 11.7 Å². The number of alkyl carbamates (subject to hydrolysis) is 1. The maximum Gasteiger partial charge on any atom is 0.407 e. The molecule has 2 atom stereocenters. The fourth-order valence-corrected chi connectivity index (χ4v) is 3.56. The van der Waals surface area contributed by atoms with Crippen LogP contribution in [0.3, 0.4) is 0 Å². The third kappa shape index (κ3) is 7.88. The Kier molecular flexibility index (Phi) is 9.73. The van der Waals surface area contributed by atoms with E-state index in [1.54, 1.807) is 29.2 Å². The molecule has 0 bridgehead atoms. The highest BCUT2D eigenvalue weighted by atomic mass is 16.5. The summed E-state index contributed by atoms with van der Waals surface area (Å²) in [5.74, 6) is -0.354. The van der Waals surface area contributed by atoms with Crippen molar-refractivity contribution in [2.24, 2.45) is 10.9 Å². The minimum atomic E-state index is -0.696. The molecule has 1 aromatic carbocycles. The van der Waals surface area contributed by atoms with Gasteiger partial charge in [0.15, 0.2) is 0 Å². The number of nitrogens with zero attached hydrogens (tertiary/aromatic N) is 2. The highest BCUT2D eigenvalue weighted by Crippen LogP contribution is 2.26. The van der Waals surface area contributed by atoms with E-state index in [-0.39, 0.29) is 18.4 Å². The SMILES string of the molecule is CC(COC(=O)NC(CCCCNC(N)=O)C(=O)N1CCCC1)c1ccccc1N=O. The van der Waals surface area contributed by atoms with Gasteiger partial charge in [-0.05, 0) is 48.9 Å². The van der Waals surface area contributed by atoms with Gasteiger partial charge in [0.2, 0.25) is 5.91 Å². The van der Waals surface area contributed by atoms with Crippen LogP contribution in [0.25, 0.3) is 0 Å². The summed E-state index contributed by atoms with van der Waals surface area (Å²) in [6.07, 6.45) is 2.91. The van der Waals surface area contributed by atoms with Crippen molar-refractivity contribution >= 4 is 23.7 Å². The zero-order valence-corrected chi connectivity index (χ0v) is 17.8. The van der Waals surface area contributed by atoms with E-state index in [1.807, 2.05) is 6.92 Å². The number of unbranched alkanes of at least 4 members (excludes halogenated alkanes) is 1. The summed E-state index contributed by atoms with van der Waals surface area (Å²) in [6, 6.07) is 5.59. The lowest BCUT2D eigenvalue weighted by atomic mass is 10.0. The van der Waals surface area contributed by atoms with Crippen LogP contribution in [-0.4, -0.2) is 55.2 Å². The molecule has 1 saturated heterocycles. The van der Waals surface area contributed by atoms with Gasteiger partial charge in [0.25, 0.3) is 0 Å². The lowest BCUT2D eigenvalue weighted by Gasteiger charge is -2.24. The number of primary amides is 1. The molecule has 10 nitrogen and oxygen atoms in total. The van der Waals surface area contributed by atoms with Crippen molar-refractivity contribution < 1.29 is 19.1 Å². The number of carbonyl (C=O) groups excluding carboxylic acids is 3. The zero-order chi connectivity index (χ0) is 22.6. The second-order valence-corrected chi connectivity index (χ2v) is 7.67. The van der Waals surface area contributed by atoms with Crippen LogP contribution >= 0.6 is 0 Å². The summed E-state index contributed by atoms with van der Waals surface area (Å²) < 4.78 is 5.32. The Morgan fingerprint density at radius 2 is 1.90 bits per heavy atom. The van der Waals surface area contributed by atoms with E-state index < -0.39 is 18.2 Å². The normalized spacial score (nSPS) is 15.1. The quantitative estimate of drug-likeness (QED) is 0.363. The van der Waals surface area contributed by atoms with Gasteiger partial charge in [-0.3, -0.25) is 4.79 Å². The van der Waals surface area contributed by atoms with Crippen LogP contribution in [0.1, 0.15) is 50.5 Å². The molecular formula is C21H31N5O5. The molecule has 1 aliphatic heterocycles. The second kappa shape index (κ2) is 12.5. The van der Waals surface area contributed by atoms with Crippen molar-refractivity contribution in [3.8, 4) is 0 Å². The van der Waals surface area contributed by atoms with E-state index in [9.17, 15) is 19.3 Å². The van der Waals surface area contributed by atoms with E-state index in [0.717, 1.165) is 12.8 Å². The van der Waals surface area contributed by atoms with Gasteiger partial charge in [-0.15, -0.1) is 4.91 Å². The van der Waals surface area contributed by atoms with Crippen LogP contribution < -0.4 is 16.4 Å². The Bertz CT molecular complexity index is 766. The number of urea groups is 1. The molecule has 4 N–H and O–H groups in total.